The minimum atomic E-state index is 0. The molecule has 1 rings (SSSR count). The monoisotopic (exact) mass is 432 g/mol. The molecular weight excluding hydrogens is 419 g/mol. The number of rotatable bonds is 1. The van der Waals surface area contributed by atoms with E-state index in [0.29, 0.717) is 5.92 Å². The molecule has 84 valence electrons. The molecular formula is C10H14Cl3Ir. The van der Waals surface area contributed by atoms with Gasteiger partial charge in [0.25, 0.3) is 0 Å². The van der Waals surface area contributed by atoms with Crippen molar-refractivity contribution in [2.75, 3.05) is 0 Å². The predicted molar refractivity (Wildman–Crippen MR) is 45.3 cm³/mol. The maximum absolute atomic E-state index is 2.21. The van der Waals surface area contributed by atoms with Crippen LogP contribution in [-0.2, 0) is 20.1 Å². The van der Waals surface area contributed by atoms with E-state index >= 15 is 0 Å². The van der Waals surface area contributed by atoms with Crippen LogP contribution in [0.15, 0.2) is 24.3 Å². The zero-order valence-electron chi connectivity index (χ0n) is 8.35. The van der Waals surface area contributed by atoms with Crippen molar-refractivity contribution in [3.8, 4) is 0 Å². The molecule has 1 aromatic rings. The van der Waals surface area contributed by atoms with Gasteiger partial charge in [-0.1, -0.05) is 43.7 Å². The molecule has 0 saturated carbocycles. The molecule has 0 atom stereocenters. The molecule has 0 aromatic heterocycles. The topological polar surface area (TPSA) is 0 Å². The van der Waals surface area contributed by atoms with Crippen LogP contribution in [0.4, 0.5) is 0 Å². The van der Waals surface area contributed by atoms with Crippen molar-refractivity contribution in [3.05, 3.63) is 35.4 Å². The molecule has 0 N–H and O–H groups in total. The Morgan fingerprint density at radius 2 is 1.21 bits per heavy atom. The fourth-order valence-electron chi connectivity index (χ4n) is 0.951. The van der Waals surface area contributed by atoms with Crippen LogP contribution in [-0.4, -0.2) is 0 Å². The van der Waals surface area contributed by atoms with E-state index in [1.54, 1.807) is 0 Å². The Balaban J connectivity index is -0.000000125. The molecule has 0 bridgehead atoms. The van der Waals surface area contributed by atoms with E-state index in [1.807, 2.05) is 0 Å². The first-order valence-corrected chi connectivity index (χ1v) is 3.76. The van der Waals surface area contributed by atoms with Crippen LogP contribution in [0, 0.1) is 6.92 Å². The standard InChI is InChI=1S/C10H14.3ClH.Ir/c1-8(2)10-6-4-9(3)5-7-10;;;;/h4-8H,1-3H3;3*1H;/q;;;;+3/p-3. The molecule has 0 spiro atoms. The Hall–Kier alpha value is 0.739. The average Bonchev–Trinajstić information content (AvgIpc) is 1.88. The van der Waals surface area contributed by atoms with Gasteiger partial charge >= 0.3 is 20.1 Å². The van der Waals surface area contributed by atoms with Gasteiger partial charge in [-0.15, -0.1) is 0 Å². The Labute approximate surface area is 119 Å². The van der Waals surface area contributed by atoms with Crippen LogP contribution in [0.1, 0.15) is 30.9 Å². The zero-order chi connectivity index (χ0) is 7.56. The summed E-state index contributed by atoms with van der Waals surface area (Å²) in [6, 6.07) is 8.71. The predicted octanol–water partition coefficient (Wildman–Crippen LogP) is -5.87. The summed E-state index contributed by atoms with van der Waals surface area (Å²) in [5.41, 5.74) is 2.76. The third-order valence-electron chi connectivity index (χ3n) is 1.74. The van der Waals surface area contributed by atoms with Crippen LogP contribution in [0.25, 0.3) is 0 Å². The molecule has 14 heavy (non-hydrogen) atoms. The van der Waals surface area contributed by atoms with E-state index in [1.165, 1.54) is 11.1 Å². The molecule has 0 radical (unpaired) electrons. The van der Waals surface area contributed by atoms with Crippen molar-refractivity contribution in [3.63, 3.8) is 0 Å². The average molecular weight is 433 g/mol. The van der Waals surface area contributed by atoms with Gasteiger partial charge in [-0.25, -0.2) is 0 Å². The second-order valence-electron chi connectivity index (χ2n) is 3.07. The molecule has 0 aliphatic carbocycles. The summed E-state index contributed by atoms with van der Waals surface area (Å²) in [6.07, 6.45) is 0. The molecule has 0 aliphatic rings. The maximum atomic E-state index is 2.21. The summed E-state index contributed by atoms with van der Waals surface area (Å²) < 4.78 is 0. The van der Waals surface area contributed by atoms with Crippen LogP contribution < -0.4 is 37.2 Å². The fraction of sp³-hybridized carbons (Fsp3) is 0.400. The minimum absolute atomic E-state index is 0. The molecule has 0 saturated heterocycles. The van der Waals surface area contributed by atoms with E-state index < -0.39 is 0 Å². The zero-order valence-corrected chi connectivity index (χ0v) is 13.0. The third kappa shape index (κ3) is 8.08. The summed E-state index contributed by atoms with van der Waals surface area (Å²) >= 11 is 0. The van der Waals surface area contributed by atoms with Gasteiger partial charge in [0.1, 0.15) is 0 Å². The van der Waals surface area contributed by atoms with Gasteiger partial charge in [0.15, 0.2) is 0 Å². The third-order valence-corrected chi connectivity index (χ3v) is 1.74. The van der Waals surface area contributed by atoms with Crippen molar-refractivity contribution in [2.24, 2.45) is 0 Å². The van der Waals surface area contributed by atoms with Gasteiger partial charge in [-0.3, -0.25) is 0 Å². The van der Waals surface area contributed by atoms with Crippen molar-refractivity contribution in [2.45, 2.75) is 26.7 Å². The van der Waals surface area contributed by atoms with E-state index in [9.17, 15) is 0 Å². The second kappa shape index (κ2) is 11.8. The first-order valence-electron chi connectivity index (χ1n) is 3.76. The minimum Gasteiger partial charge on any atom is -1.00 e. The van der Waals surface area contributed by atoms with Gasteiger partial charge in [-0.05, 0) is 18.4 Å². The Morgan fingerprint density at radius 3 is 1.50 bits per heavy atom. The Kier molecular flexibility index (Phi) is 20.4. The summed E-state index contributed by atoms with van der Waals surface area (Å²) in [6.45, 7) is 6.54. The molecule has 0 heterocycles. The summed E-state index contributed by atoms with van der Waals surface area (Å²) in [4.78, 5) is 0. The normalized spacial score (nSPS) is 7.43. The molecule has 4 heteroatoms. The van der Waals surface area contributed by atoms with Crippen LogP contribution >= 0.6 is 0 Å². The van der Waals surface area contributed by atoms with Gasteiger partial charge in [0.2, 0.25) is 0 Å². The first-order chi connectivity index (χ1) is 4.70. The number of halogens is 3. The van der Waals surface area contributed by atoms with Gasteiger partial charge in [-0.2, -0.15) is 0 Å². The van der Waals surface area contributed by atoms with E-state index in [-0.39, 0.29) is 57.3 Å². The van der Waals surface area contributed by atoms with Crippen molar-refractivity contribution in [1.29, 1.82) is 0 Å². The van der Waals surface area contributed by atoms with Crippen LogP contribution in [0.5, 0.6) is 0 Å². The van der Waals surface area contributed by atoms with Crippen molar-refractivity contribution in [1.82, 2.24) is 0 Å². The van der Waals surface area contributed by atoms with E-state index in [4.69, 9.17) is 0 Å². The van der Waals surface area contributed by atoms with Crippen molar-refractivity contribution >= 4 is 0 Å². The number of hydrogen-bond donors (Lipinski definition) is 0. The Bertz CT molecular complexity index is 209. The SMILES string of the molecule is Cc1ccc(C(C)C)cc1.[Cl-].[Cl-].[Cl-].[Ir+3]. The largest absolute Gasteiger partial charge is 3.00 e. The number of aryl methyl sites for hydroxylation is 1. The molecule has 0 fully saturated rings. The summed E-state index contributed by atoms with van der Waals surface area (Å²) in [5.74, 6) is 0.653. The van der Waals surface area contributed by atoms with Crippen LogP contribution in [0.2, 0.25) is 0 Å². The number of hydrogen-bond acceptors (Lipinski definition) is 0. The first kappa shape index (κ1) is 24.1. The van der Waals surface area contributed by atoms with Crippen LogP contribution in [0.3, 0.4) is 0 Å². The molecule has 0 amide bonds. The van der Waals surface area contributed by atoms with Gasteiger partial charge in [0.05, 0.1) is 0 Å². The fourth-order valence-corrected chi connectivity index (χ4v) is 0.951. The molecule has 0 aliphatic heterocycles. The van der Waals surface area contributed by atoms with Gasteiger partial charge in [0, 0.05) is 0 Å². The second-order valence-corrected chi connectivity index (χ2v) is 3.07. The maximum Gasteiger partial charge on any atom is 3.00 e. The molecule has 0 unspecified atom stereocenters. The molecule has 0 nitrogen and oxygen atoms in total. The smallest absolute Gasteiger partial charge is 1.00 e. The summed E-state index contributed by atoms with van der Waals surface area (Å²) in [5, 5.41) is 0. The Morgan fingerprint density at radius 1 is 0.857 bits per heavy atom. The molecule has 1 aromatic carbocycles. The van der Waals surface area contributed by atoms with Gasteiger partial charge < -0.3 is 37.2 Å². The number of benzene rings is 1. The van der Waals surface area contributed by atoms with E-state index in [0.717, 1.165) is 0 Å². The van der Waals surface area contributed by atoms with E-state index in [2.05, 4.69) is 45.0 Å². The van der Waals surface area contributed by atoms with Crippen molar-refractivity contribution < 1.29 is 57.3 Å². The quantitative estimate of drug-likeness (QED) is 0.415. The summed E-state index contributed by atoms with van der Waals surface area (Å²) in [7, 11) is 0.